The average Bonchev–Trinajstić information content (AvgIpc) is 2.29. The van der Waals surface area contributed by atoms with E-state index in [-0.39, 0.29) is 5.91 Å². The molecule has 0 heterocycles. The van der Waals surface area contributed by atoms with Crippen LogP contribution in [0.15, 0.2) is 36.4 Å². The van der Waals surface area contributed by atoms with Gasteiger partial charge in [0, 0.05) is 12.3 Å². The summed E-state index contributed by atoms with van der Waals surface area (Å²) in [5, 5.41) is 4.86. The van der Waals surface area contributed by atoms with E-state index in [0.717, 1.165) is 16.5 Å². The van der Waals surface area contributed by atoms with E-state index < -0.39 is 0 Å². The molecule has 3 nitrogen and oxygen atoms in total. The molecule has 2 rings (SSSR count). The summed E-state index contributed by atoms with van der Waals surface area (Å²) in [5.41, 5.74) is 0.730. The molecule has 82 valence electrons. The van der Waals surface area contributed by atoms with E-state index in [1.54, 1.807) is 7.11 Å². The van der Waals surface area contributed by atoms with Crippen LogP contribution in [0.2, 0.25) is 0 Å². The number of hydrogen-bond donors (Lipinski definition) is 1. The molecule has 0 bridgehead atoms. The van der Waals surface area contributed by atoms with E-state index in [4.69, 9.17) is 4.74 Å². The lowest BCUT2D eigenvalue weighted by molar-refractivity contribution is -0.114. The number of carbonyl (C=O) groups is 1. The van der Waals surface area contributed by atoms with Gasteiger partial charge in [-0.3, -0.25) is 4.79 Å². The van der Waals surface area contributed by atoms with Gasteiger partial charge in [0.05, 0.1) is 12.8 Å². The van der Waals surface area contributed by atoms with Crippen LogP contribution in [-0.2, 0) is 4.79 Å². The summed E-state index contributed by atoms with van der Waals surface area (Å²) in [7, 11) is 1.59. The van der Waals surface area contributed by atoms with Crippen LogP contribution >= 0.6 is 0 Å². The Bertz CT molecular complexity index is 534. The Morgan fingerprint density at radius 1 is 1.19 bits per heavy atom. The molecule has 2 aromatic carbocycles. The molecule has 0 saturated heterocycles. The maximum atomic E-state index is 11.2. The third kappa shape index (κ3) is 1.84. The van der Waals surface area contributed by atoms with Crippen molar-refractivity contribution in [3.8, 4) is 5.75 Å². The number of ether oxygens (including phenoxy) is 1. The monoisotopic (exact) mass is 215 g/mol. The number of amides is 1. The van der Waals surface area contributed by atoms with Gasteiger partial charge in [0.1, 0.15) is 5.75 Å². The molecule has 0 atom stereocenters. The number of anilines is 1. The summed E-state index contributed by atoms with van der Waals surface area (Å²) < 4.78 is 5.24. The molecule has 2 aromatic rings. The first-order valence-electron chi connectivity index (χ1n) is 5.05. The molecule has 0 spiro atoms. The van der Waals surface area contributed by atoms with E-state index in [1.165, 1.54) is 6.92 Å². The highest BCUT2D eigenvalue weighted by Gasteiger charge is 2.08. The van der Waals surface area contributed by atoms with Crippen LogP contribution in [0, 0.1) is 0 Å². The fraction of sp³-hybridized carbons (Fsp3) is 0.154. The Labute approximate surface area is 94.0 Å². The van der Waals surface area contributed by atoms with Gasteiger partial charge in [0.2, 0.25) is 5.91 Å². The van der Waals surface area contributed by atoms with Crippen LogP contribution in [0.5, 0.6) is 5.75 Å². The second-order valence-corrected chi connectivity index (χ2v) is 3.55. The molecular formula is C13H13NO2. The van der Waals surface area contributed by atoms with Crippen LogP contribution in [0.4, 0.5) is 5.69 Å². The van der Waals surface area contributed by atoms with Gasteiger partial charge in [-0.2, -0.15) is 0 Å². The van der Waals surface area contributed by atoms with Crippen LogP contribution in [0.3, 0.4) is 0 Å². The molecule has 1 N–H and O–H groups in total. The lowest BCUT2D eigenvalue weighted by Crippen LogP contribution is -2.07. The van der Waals surface area contributed by atoms with Crippen molar-refractivity contribution in [1.82, 2.24) is 0 Å². The number of rotatable bonds is 2. The molecule has 0 aliphatic rings. The highest BCUT2D eigenvalue weighted by molar-refractivity contribution is 6.04. The fourth-order valence-electron chi connectivity index (χ4n) is 1.73. The third-order valence-electron chi connectivity index (χ3n) is 2.41. The summed E-state index contributed by atoms with van der Waals surface area (Å²) in [6.45, 7) is 1.49. The van der Waals surface area contributed by atoms with Crippen LogP contribution in [0.25, 0.3) is 10.8 Å². The third-order valence-corrected chi connectivity index (χ3v) is 2.41. The number of hydrogen-bond acceptors (Lipinski definition) is 2. The maximum Gasteiger partial charge on any atom is 0.221 e. The largest absolute Gasteiger partial charge is 0.495 e. The summed E-state index contributed by atoms with van der Waals surface area (Å²) in [6.07, 6.45) is 0. The van der Waals surface area contributed by atoms with Crippen LogP contribution in [0.1, 0.15) is 6.92 Å². The van der Waals surface area contributed by atoms with E-state index in [1.807, 2.05) is 36.4 Å². The van der Waals surface area contributed by atoms with Crippen molar-refractivity contribution in [2.75, 3.05) is 12.4 Å². The Hall–Kier alpha value is -2.03. The smallest absolute Gasteiger partial charge is 0.221 e. The van der Waals surface area contributed by atoms with Crippen LogP contribution < -0.4 is 10.1 Å². The summed E-state index contributed by atoms with van der Waals surface area (Å²) in [4.78, 5) is 11.2. The first-order chi connectivity index (χ1) is 7.72. The molecule has 16 heavy (non-hydrogen) atoms. The number of benzene rings is 2. The zero-order valence-corrected chi connectivity index (χ0v) is 9.28. The lowest BCUT2D eigenvalue weighted by atomic mass is 10.1. The molecule has 0 radical (unpaired) electrons. The number of fused-ring (bicyclic) bond motifs is 1. The predicted octanol–water partition coefficient (Wildman–Crippen LogP) is 2.81. The van der Waals surface area contributed by atoms with Crippen molar-refractivity contribution in [2.45, 2.75) is 6.92 Å². The van der Waals surface area contributed by atoms with Gasteiger partial charge in [-0.05, 0) is 11.5 Å². The zero-order valence-electron chi connectivity index (χ0n) is 9.28. The van der Waals surface area contributed by atoms with Gasteiger partial charge in [0.15, 0.2) is 0 Å². The highest BCUT2D eigenvalue weighted by atomic mass is 16.5. The van der Waals surface area contributed by atoms with Crippen LogP contribution in [-0.4, -0.2) is 13.0 Å². The lowest BCUT2D eigenvalue weighted by Gasteiger charge is -2.11. The topological polar surface area (TPSA) is 38.3 Å². The molecular weight excluding hydrogens is 202 g/mol. The minimum Gasteiger partial charge on any atom is -0.495 e. The molecule has 0 fully saturated rings. The van der Waals surface area contributed by atoms with Crippen molar-refractivity contribution in [2.24, 2.45) is 0 Å². The maximum absolute atomic E-state index is 11.2. The minimum atomic E-state index is -0.102. The zero-order chi connectivity index (χ0) is 11.5. The highest BCUT2D eigenvalue weighted by Crippen LogP contribution is 2.32. The minimum absolute atomic E-state index is 0.102. The van der Waals surface area contributed by atoms with Crippen molar-refractivity contribution in [3.05, 3.63) is 36.4 Å². The molecule has 1 amide bonds. The standard InChI is InChI=1S/C13H13NO2/c1-9(15)14-13-11-6-4-3-5-10(11)7-8-12(13)16-2/h3-8H,1-2H3,(H,14,15). The summed E-state index contributed by atoms with van der Waals surface area (Å²) >= 11 is 0. The Balaban J connectivity index is 2.67. The van der Waals surface area contributed by atoms with Gasteiger partial charge < -0.3 is 10.1 Å². The van der Waals surface area contributed by atoms with E-state index in [0.29, 0.717) is 5.75 Å². The second-order valence-electron chi connectivity index (χ2n) is 3.55. The summed E-state index contributed by atoms with van der Waals surface area (Å²) in [6, 6.07) is 11.7. The summed E-state index contributed by atoms with van der Waals surface area (Å²) in [5.74, 6) is 0.573. The molecule has 0 saturated carbocycles. The Morgan fingerprint density at radius 3 is 2.62 bits per heavy atom. The molecule has 0 aromatic heterocycles. The normalized spacial score (nSPS) is 10.1. The first kappa shape index (κ1) is 10.5. The van der Waals surface area contributed by atoms with Gasteiger partial charge in [-0.25, -0.2) is 0 Å². The fourth-order valence-corrected chi connectivity index (χ4v) is 1.73. The average molecular weight is 215 g/mol. The van der Waals surface area contributed by atoms with Gasteiger partial charge in [-0.1, -0.05) is 30.3 Å². The molecule has 0 aliphatic carbocycles. The van der Waals surface area contributed by atoms with Crippen molar-refractivity contribution < 1.29 is 9.53 Å². The number of nitrogens with one attached hydrogen (secondary N) is 1. The molecule has 0 aliphatic heterocycles. The predicted molar refractivity (Wildman–Crippen MR) is 64.8 cm³/mol. The van der Waals surface area contributed by atoms with Crippen molar-refractivity contribution >= 4 is 22.4 Å². The Morgan fingerprint density at radius 2 is 1.94 bits per heavy atom. The van der Waals surface area contributed by atoms with Gasteiger partial charge in [0.25, 0.3) is 0 Å². The SMILES string of the molecule is COc1ccc2ccccc2c1NC(C)=O. The number of carbonyl (C=O) groups excluding carboxylic acids is 1. The molecule has 3 heteroatoms. The molecule has 0 unspecified atom stereocenters. The van der Waals surface area contributed by atoms with E-state index in [2.05, 4.69) is 5.32 Å². The van der Waals surface area contributed by atoms with Gasteiger partial charge in [-0.15, -0.1) is 0 Å². The van der Waals surface area contributed by atoms with Crippen molar-refractivity contribution in [3.63, 3.8) is 0 Å². The van der Waals surface area contributed by atoms with E-state index in [9.17, 15) is 4.79 Å². The van der Waals surface area contributed by atoms with E-state index >= 15 is 0 Å². The van der Waals surface area contributed by atoms with Gasteiger partial charge >= 0.3 is 0 Å². The Kier molecular flexibility index (Phi) is 2.77. The van der Waals surface area contributed by atoms with Crippen molar-refractivity contribution in [1.29, 1.82) is 0 Å². The quantitative estimate of drug-likeness (QED) is 0.836. The second kappa shape index (κ2) is 4.23. The first-order valence-corrected chi connectivity index (χ1v) is 5.05. The number of methoxy groups -OCH3 is 1.